The number of aliphatic hydroxyl groups is 1. The Kier molecular flexibility index (Phi) is 13.3. The molecule has 1 aliphatic rings. The van der Waals surface area contributed by atoms with Crippen molar-refractivity contribution in [2.45, 2.75) is 70.7 Å². The number of aryl methyl sites for hydroxylation is 1. The fourth-order valence-electron chi connectivity index (χ4n) is 5.91. The van der Waals surface area contributed by atoms with Crippen molar-refractivity contribution in [3.8, 4) is 0 Å². The van der Waals surface area contributed by atoms with Gasteiger partial charge in [-0.3, -0.25) is 4.79 Å². The molecule has 4 rings (SSSR count). The van der Waals surface area contributed by atoms with Crippen molar-refractivity contribution in [2.75, 3.05) is 33.3 Å². The van der Waals surface area contributed by atoms with Crippen LogP contribution in [0.2, 0.25) is 0 Å². The maximum absolute atomic E-state index is 14.1. The highest BCUT2D eigenvalue weighted by molar-refractivity contribution is 7.89. The summed E-state index contributed by atoms with van der Waals surface area (Å²) in [7, 11) is -2.60. The number of carbonyl (C=O) groups is 2. The van der Waals surface area contributed by atoms with E-state index in [-0.39, 0.29) is 42.3 Å². The van der Waals surface area contributed by atoms with Crippen molar-refractivity contribution < 1.29 is 28.0 Å². The molecule has 0 bridgehead atoms. The molecular formula is C35H48N6O6S2. The molecule has 12 nitrogen and oxygen atoms in total. The van der Waals surface area contributed by atoms with Gasteiger partial charge in [0.1, 0.15) is 13.2 Å². The highest BCUT2D eigenvalue weighted by Gasteiger charge is 2.40. The van der Waals surface area contributed by atoms with Crippen LogP contribution in [0.5, 0.6) is 0 Å². The number of rotatable bonds is 17. The summed E-state index contributed by atoms with van der Waals surface area (Å²) in [5, 5.41) is 21.4. The largest absolute Gasteiger partial charge is 0.399 e. The molecule has 3 aromatic rings. The number of hydrogen-bond donors (Lipinski definition) is 2. The first-order valence-corrected chi connectivity index (χ1v) is 18.8. The minimum absolute atomic E-state index is 0.0418. The van der Waals surface area contributed by atoms with Gasteiger partial charge < -0.3 is 25.1 Å². The molecule has 49 heavy (non-hydrogen) atoms. The van der Waals surface area contributed by atoms with Crippen molar-refractivity contribution in [2.24, 2.45) is 17.0 Å². The van der Waals surface area contributed by atoms with Crippen molar-refractivity contribution in [3.63, 3.8) is 0 Å². The Hall–Kier alpha value is -3.85. The Morgan fingerprint density at radius 1 is 1.10 bits per heavy atom. The molecule has 1 aliphatic heterocycles. The molecule has 2 aromatic carbocycles. The van der Waals surface area contributed by atoms with Gasteiger partial charge >= 0.3 is 6.03 Å². The molecule has 0 radical (unpaired) electrons. The quantitative estimate of drug-likeness (QED) is 0.158. The standard InChI is InChI=1S/C35H48N6O6S2/c1-24(2)20-40(49(45,46)30-14-12-28(13-15-30)19-36-47-6)22-32(42)31(18-27-10-8-7-9-11-27)38-34(43)33(25(3)4)41-17-16-39(35(41)44)21-29-23-48-26(5)37-29/h7-15,19,23-25,31-33,42H,16-18,20-22H2,1-6H3,(H,38,43)/b36-19-/t31-,32+,33-/m0/s1. The number of hydrogen-bond acceptors (Lipinski definition) is 9. The van der Waals surface area contributed by atoms with Crippen LogP contribution in [0, 0.1) is 18.8 Å². The van der Waals surface area contributed by atoms with Crippen LogP contribution in [-0.2, 0) is 32.6 Å². The Bertz CT molecular complexity index is 1660. The van der Waals surface area contributed by atoms with Gasteiger partial charge in [0, 0.05) is 31.6 Å². The molecule has 14 heteroatoms. The summed E-state index contributed by atoms with van der Waals surface area (Å²) in [5.74, 6) is -0.671. The third kappa shape index (κ3) is 10.1. The fraction of sp³-hybridized carbons (Fsp3) is 0.486. The fourth-order valence-corrected chi connectivity index (χ4v) is 8.13. The number of nitrogens with zero attached hydrogens (tertiary/aromatic N) is 5. The summed E-state index contributed by atoms with van der Waals surface area (Å²) in [6.45, 7) is 10.6. The number of sulfonamides is 1. The van der Waals surface area contributed by atoms with Gasteiger partial charge in [-0.15, -0.1) is 11.3 Å². The SMILES string of the molecule is CO/N=C\c1ccc(S(=O)(=O)N(CC(C)C)C[C@@H](O)[C@H](Cc2ccccc2)NC(=O)[C@H](C(C)C)N2CCN(Cc3csc(C)n3)C2=O)cc1. The van der Waals surface area contributed by atoms with Crippen molar-refractivity contribution in [3.05, 3.63) is 81.8 Å². The lowest BCUT2D eigenvalue weighted by Gasteiger charge is -2.34. The second kappa shape index (κ2) is 17.2. The summed E-state index contributed by atoms with van der Waals surface area (Å²) in [6.07, 6.45) is 0.463. The van der Waals surface area contributed by atoms with Gasteiger partial charge in [-0.1, -0.05) is 75.3 Å². The van der Waals surface area contributed by atoms with Crippen molar-refractivity contribution in [1.82, 2.24) is 24.4 Å². The molecule has 0 aliphatic carbocycles. The summed E-state index contributed by atoms with van der Waals surface area (Å²) < 4.78 is 29.1. The second-order valence-electron chi connectivity index (χ2n) is 13.0. The minimum Gasteiger partial charge on any atom is -0.399 e. The van der Waals surface area contributed by atoms with Crippen LogP contribution in [0.1, 0.15) is 49.5 Å². The topological polar surface area (TPSA) is 145 Å². The number of aromatic nitrogens is 1. The lowest BCUT2D eigenvalue weighted by molar-refractivity contribution is -0.128. The third-order valence-corrected chi connectivity index (χ3v) is 10.9. The molecule has 266 valence electrons. The van der Waals surface area contributed by atoms with E-state index < -0.39 is 34.1 Å². The number of thiazole rings is 1. The van der Waals surface area contributed by atoms with E-state index >= 15 is 0 Å². The zero-order valence-electron chi connectivity index (χ0n) is 29.0. The Labute approximate surface area is 293 Å². The van der Waals surface area contributed by atoms with Crippen LogP contribution in [0.3, 0.4) is 0 Å². The maximum atomic E-state index is 14.1. The highest BCUT2D eigenvalue weighted by Crippen LogP contribution is 2.23. The van der Waals surface area contributed by atoms with Crippen LogP contribution in [-0.4, -0.2) is 102 Å². The Morgan fingerprint density at radius 3 is 2.39 bits per heavy atom. The minimum atomic E-state index is -4.02. The zero-order valence-corrected chi connectivity index (χ0v) is 30.7. The van der Waals surface area contributed by atoms with E-state index in [1.807, 2.05) is 70.3 Å². The molecule has 0 saturated carbocycles. The van der Waals surface area contributed by atoms with E-state index in [2.05, 4.69) is 15.5 Å². The van der Waals surface area contributed by atoms with Gasteiger partial charge in [-0.05, 0) is 48.4 Å². The van der Waals surface area contributed by atoms with E-state index in [1.54, 1.807) is 21.9 Å². The molecule has 3 atom stereocenters. The van der Waals surface area contributed by atoms with Gasteiger partial charge in [0.2, 0.25) is 15.9 Å². The second-order valence-corrected chi connectivity index (χ2v) is 16.0. The number of benzene rings is 2. The molecule has 2 N–H and O–H groups in total. The normalized spacial score (nSPS) is 15.8. The molecule has 1 fully saturated rings. The van der Waals surface area contributed by atoms with E-state index in [9.17, 15) is 23.1 Å². The molecule has 0 spiro atoms. The first-order chi connectivity index (χ1) is 23.3. The van der Waals surface area contributed by atoms with Crippen LogP contribution < -0.4 is 5.32 Å². The molecular weight excluding hydrogens is 665 g/mol. The summed E-state index contributed by atoms with van der Waals surface area (Å²) in [4.78, 5) is 40.2. The number of carbonyl (C=O) groups excluding carboxylic acids is 2. The number of urea groups is 1. The first kappa shape index (κ1) is 38.0. The van der Waals surface area contributed by atoms with E-state index in [0.717, 1.165) is 16.3 Å². The third-order valence-electron chi connectivity index (χ3n) is 8.26. The van der Waals surface area contributed by atoms with Crippen LogP contribution >= 0.6 is 11.3 Å². The van der Waals surface area contributed by atoms with E-state index in [0.29, 0.717) is 25.2 Å². The van der Waals surface area contributed by atoms with Crippen LogP contribution in [0.15, 0.2) is 70.0 Å². The van der Waals surface area contributed by atoms with Gasteiger partial charge in [-0.2, -0.15) is 4.31 Å². The van der Waals surface area contributed by atoms with Crippen molar-refractivity contribution >= 4 is 39.5 Å². The lowest BCUT2D eigenvalue weighted by Crippen LogP contribution is -2.57. The molecule has 0 unspecified atom stereocenters. The molecule has 1 saturated heterocycles. The maximum Gasteiger partial charge on any atom is 0.321 e. The van der Waals surface area contributed by atoms with E-state index in [1.165, 1.54) is 41.1 Å². The van der Waals surface area contributed by atoms with Crippen LogP contribution in [0.25, 0.3) is 0 Å². The Balaban J connectivity index is 1.56. The number of aliphatic hydroxyl groups excluding tert-OH is 1. The predicted octanol–water partition coefficient (Wildman–Crippen LogP) is 4.13. The summed E-state index contributed by atoms with van der Waals surface area (Å²) in [6, 6.07) is 13.8. The average Bonchev–Trinajstić information content (AvgIpc) is 3.63. The van der Waals surface area contributed by atoms with Crippen molar-refractivity contribution in [1.29, 1.82) is 0 Å². The zero-order chi connectivity index (χ0) is 35.7. The molecule has 3 amide bonds. The molecule has 2 heterocycles. The number of amides is 3. The average molecular weight is 713 g/mol. The molecule has 1 aromatic heterocycles. The Morgan fingerprint density at radius 2 is 1.80 bits per heavy atom. The van der Waals surface area contributed by atoms with Gasteiger partial charge in [0.05, 0.1) is 40.5 Å². The van der Waals surface area contributed by atoms with Gasteiger partial charge in [-0.25, -0.2) is 18.2 Å². The first-order valence-electron chi connectivity index (χ1n) is 16.5. The van der Waals surface area contributed by atoms with Gasteiger partial charge in [0.25, 0.3) is 0 Å². The monoisotopic (exact) mass is 712 g/mol. The van der Waals surface area contributed by atoms with E-state index in [4.69, 9.17) is 4.84 Å². The smallest absolute Gasteiger partial charge is 0.321 e. The predicted molar refractivity (Wildman–Crippen MR) is 191 cm³/mol. The van der Waals surface area contributed by atoms with Crippen LogP contribution in [0.4, 0.5) is 4.79 Å². The number of oxime groups is 1. The highest BCUT2D eigenvalue weighted by atomic mass is 32.2. The lowest BCUT2D eigenvalue weighted by atomic mass is 9.97. The van der Waals surface area contributed by atoms with Gasteiger partial charge in [0.15, 0.2) is 0 Å². The summed E-state index contributed by atoms with van der Waals surface area (Å²) in [5.41, 5.74) is 2.34. The number of nitrogens with one attached hydrogen (secondary N) is 1. The summed E-state index contributed by atoms with van der Waals surface area (Å²) >= 11 is 1.53.